The predicted molar refractivity (Wildman–Crippen MR) is 75.4 cm³/mol. The van der Waals surface area contributed by atoms with Crippen LogP contribution in [0.1, 0.15) is 0 Å². The van der Waals surface area contributed by atoms with Crippen LogP contribution in [0.5, 0.6) is 0 Å². The maximum absolute atomic E-state index is 2.22. The summed E-state index contributed by atoms with van der Waals surface area (Å²) >= 11 is 0. The minimum atomic E-state index is 1.24. The molecule has 0 saturated carbocycles. The second-order valence-electron chi connectivity index (χ2n) is 4.12. The van der Waals surface area contributed by atoms with Crippen molar-refractivity contribution in [1.29, 1.82) is 0 Å². The largest absolute Gasteiger partial charge is 0.192 e. The van der Waals surface area contributed by atoms with Crippen molar-refractivity contribution < 1.29 is 0 Å². The highest BCUT2D eigenvalue weighted by molar-refractivity contribution is 6.69. The summed E-state index contributed by atoms with van der Waals surface area (Å²) in [7, 11) is 2.22. The Kier molecular flexibility index (Phi) is 2.67. The number of benzene rings is 3. The van der Waals surface area contributed by atoms with Crippen LogP contribution in [-0.4, -0.2) is 7.28 Å². The maximum Gasteiger partial charge on any atom is 0.192 e. The molecule has 0 amide bonds. The standard InChI is InChI=1S/C16H12B/c1-2-9-14(10-3-1)17-16-12-6-8-13-7-4-5-11-15(13)16/h1-12H. The van der Waals surface area contributed by atoms with Crippen LogP contribution >= 0.6 is 0 Å². The van der Waals surface area contributed by atoms with Gasteiger partial charge in [0.2, 0.25) is 0 Å². The molecule has 0 nitrogen and oxygen atoms in total. The van der Waals surface area contributed by atoms with Gasteiger partial charge in [0.1, 0.15) is 0 Å². The molecule has 0 aliphatic rings. The number of hydrogen-bond donors (Lipinski definition) is 0. The molecule has 0 saturated heterocycles. The van der Waals surface area contributed by atoms with Gasteiger partial charge in [-0.1, -0.05) is 83.7 Å². The van der Waals surface area contributed by atoms with Crippen LogP contribution in [0.15, 0.2) is 72.8 Å². The lowest BCUT2D eigenvalue weighted by molar-refractivity contribution is 1.76. The summed E-state index contributed by atoms with van der Waals surface area (Å²) in [6.45, 7) is 0. The van der Waals surface area contributed by atoms with E-state index in [4.69, 9.17) is 0 Å². The van der Waals surface area contributed by atoms with E-state index in [1.54, 1.807) is 0 Å². The Bertz CT molecular complexity index is 624. The molecule has 0 aliphatic carbocycles. The summed E-state index contributed by atoms with van der Waals surface area (Å²) in [4.78, 5) is 0. The fourth-order valence-corrected chi connectivity index (χ4v) is 2.11. The third-order valence-electron chi connectivity index (χ3n) is 2.95. The van der Waals surface area contributed by atoms with Crippen molar-refractivity contribution in [2.24, 2.45) is 0 Å². The second-order valence-corrected chi connectivity index (χ2v) is 4.12. The first-order chi connectivity index (χ1) is 8.43. The van der Waals surface area contributed by atoms with Gasteiger partial charge in [-0.3, -0.25) is 0 Å². The summed E-state index contributed by atoms with van der Waals surface area (Å²) in [6.07, 6.45) is 0. The van der Waals surface area contributed by atoms with Crippen molar-refractivity contribution in [1.82, 2.24) is 0 Å². The average molecular weight is 215 g/mol. The fourth-order valence-electron chi connectivity index (χ4n) is 2.11. The summed E-state index contributed by atoms with van der Waals surface area (Å²) < 4.78 is 0. The van der Waals surface area contributed by atoms with Crippen molar-refractivity contribution in [3.05, 3.63) is 72.8 Å². The zero-order valence-corrected chi connectivity index (χ0v) is 9.51. The van der Waals surface area contributed by atoms with Crippen molar-refractivity contribution in [3.8, 4) is 0 Å². The molecule has 0 heterocycles. The molecule has 0 bridgehead atoms. The zero-order valence-electron chi connectivity index (χ0n) is 9.51. The highest BCUT2D eigenvalue weighted by Crippen LogP contribution is 2.09. The van der Waals surface area contributed by atoms with E-state index in [1.807, 2.05) is 6.07 Å². The molecule has 1 heteroatoms. The second kappa shape index (κ2) is 4.46. The van der Waals surface area contributed by atoms with Gasteiger partial charge < -0.3 is 0 Å². The van der Waals surface area contributed by atoms with Crippen LogP contribution in [0.2, 0.25) is 0 Å². The Labute approximate surface area is 102 Å². The first-order valence-corrected chi connectivity index (χ1v) is 5.81. The monoisotopic (exact) mass is 215 g/mol. The molecule has 0 aromatic heterocycles. The molecule has 0 fully saturated rings. The number of fused-ring (bicyclic) bond motifs is 1. The minimum Gasteiger partial charge on any atom is -0.0814 e. The van der Waals surface area contributed by atoms with E-state index in [2.05, 4.69) is 74.0 Å². The summed E-state index contributed by atoms with van der Waals surface area (Å²) in [5.74, 6) is 0. The number of rotatable bonds is 2. The van der Waals surface area contributed by atoms with Gasteiger partial charge in [0.25, 0.3) is 0 Å². The first-order valence-electron chi connectivity index (χ1n) is 5.81. The molecule has 3 aromatic carbocycles. The third-order valence-corrected chi connectivity index (χ3v) is 2.95. The van der Waals surface area contributed by atoms with Crippen LogP contribution in [0, 0.1) is 0 Å². The van der Waals surface area contributed by atoms with Gasteiger partial charge in [-0.15, -0.1) is 0 Å². The molecule has 0 atom stereocenters. The topological polar surface area (TPSA) is 0 Å². The van der Waals surface area contributed by atoms with E-state index in [-0.39, 0.29) is 0 Å². The molecular weight excluding hydrogens is 203 g/mol. The van der Waals surface area contributed by atoms with E-state index in [0.717, 1.165) is 0 Å². The Morgan fingerprint density at radius 1 is 0.588 bits per heavy atom. The fraction of sp³-hybridized carbons (Fsp3) is 0. The summed E-state index contributed by atoms with van der Waals surface area (Å²) in [5, 5.41) is 2.59. The Morgan fingerprint density at radius 2 is 1.29 bits per heavy atom. The molecule has 3 aromatic rings. The summed E-state index contributed by atoms with van der Waals surface area (Å²) in [6, 6.07) is 25.3. The molecule has 1 radical (unpaired) electrons. The van der Waals surface area contributed by atoms with Gasteiger partial charge in [0.15, 0.2) is 7.28 Å². The normalized spacial score (nSPS) is 10.4. The molecular formula is C16H12B. The van der Waals surface area contributed by atoms with Crippen molar-refractivity contribution in [2.75, 3.05) is 0 Å². The molecule has 0 unspecified atom stereocenters. The quantitative estimate of drug-likeness (QED) is 0.576. The molecule has 0 spiro atoms. The van der Waals surface area contributed by atoms with Crippen molar-refractivity contribution >= 4 is 29.0 Å². The average Bonchev–Trinajstić information content (AvgIpc) is 2.40. The van der Waals surface area contributed by atoms with E-state index >= 15 is 0 Å². The molecule has 79 valence electrons. The lowest BCUT2D eigenvalue weighted by Crippen LogP contribution is -2.27. The predicted octanol–water partition coefficient (Wildman–Crippen LogP) is 2.49. The third kappa shape index (κ3) is 2.09. The van der Waals surface area contributed by atoms with Crippen LogP contribution < -0.4 is 10.9 Å². The van der Waals surface area contributed by atoms with Crippen LogP contribution in [0.25, 0.3) is 10.8 Å². The zero-order chi connectivity index (χ0) is 11.5. The van der Waals surface area contributed by atoms with Gasteiger partial charge in [-0.2, -0.15) is 0 Å². The van der Waals surface area contributed by atoms with E-state index in [1.165, 1.54) is 21.7 Å². The Hall–Kier alpha value is -2.02. The number of hydrogen-bond acceptors (Lipinski definition) is 0. The van der Waals surface area contributed by atoms with Gasteiger partial charge in [-0.05, 0) is 10.8 Å². The van der Waals surface area contributed by atoms with Crippen LogP contribution in [0.3, 0.4) is 0 Å². The Balaban J connectivity index is 2.06. The molecule has 0 aliphatic heterocycles. The SMILES string of the molecule is [B](c1ccccc1)c1cccc2ccccc12. The highest BCUT2D eigenvalue weighted by atomic mass is 14.0. The van der Waals surface area contributed by atoms with Crippen LogP contribution in [0.4, 0.5) is 0 Å². The maximum atomic E-state index is 2.22. The molecule has 3 rings (SSSR count). The highest BCUT2D eigenvalue weighted by Gasteiger charge is 2.02. The molecule has 17 heavy (non-hydrogen) atoms. The van der Waals surface area contributed by atoms with Gasteiger partial charge >= 0.3 is 0 Å². The van der Waals surface area contributed by atoms with Crippen molar-refractivity contribution in [2.45, 2.75) is 0 Å². The van der Waals surface area contributed by atoms with E-state index in [9.17, 15) is 0 Å². The lowest BCUT2D eigenvalue weighted by Gasteiger charge is -2.05. The lowest BCUT2D eigenvalue weighted by atomic mass is 9.63. The first kappa shape index (κ1) is 10.2. The van der Waals surface area contributed by atoms with Gasteiger partial charge in [0.05, 0.1) is 0 Å². The van der Waals surface area contributed by atoms with Gasteiger partial charge in [0, 0.05) is 0 Å². The van der Waals surface area contributed by atoms with E-state index in [0.29, 0.717) is 0 Å². The van der Waals surface area contributed by atoms with Gasteiger partial charge in [-0.25, -0.2) is 0 Å². The Morgan fingerprint density at radius 3 is 2.18 bits per heavy atom. The van der Waals surface area contributed by atoms with Crippen molar-refractivity contribution in [3.63, 3.8) is 0 Å². The molecule has 0 N–H and O–H groups in total. The minimum absolute atomic E-state index is 1.24. The van der Waals surface area contributed by atoms with Crippen LogP contribution in [-0.2, 0) is 0 Å². The summed E-state index contributed by atoms with van der Waals surface area (Å²) in [5.41, 5.74) is 2.51. The smallest absolute Gasteiger partial charge is 0.0814 e. The van der Waals surface area contributed by atoms with E-state index < -0.39 is 0 Å².